The fourth-order valence-electron chi connectivity index (χ4n) is 1.90. The molecule has 8 heteroatoms. The molecule has 0 aliphatic rings. The summed E-state index contributed by atoms with van der Waals surface area (Å²) in [7, 11) is 1.82. The van der Waals surface area contributed by atoms with Gasteiger partial charge in [-0.2, -0.15) is 5.10 Å². The Labute approximate surface area is 130 Å². The first-order chi connectivity index (χ1) is 10.6. The van der Waals surface area contributed by atoms with Crippen LogP contribution in [0.1, 0.15) is 22.4 Å². The van der Waals surface area contributed by atoms with Gasteiger partial charge in [0.25, 0.3) is 5.91 Å². The number of hydrogen-bond acceptors (Lipinski definition) is 6. The Hall–Kier alpha value is -2.45. The topological polar surface area (TPSA) is 93.2 Å². The number of aliphatic hydroxyl groups excluding tert-OH is 1. The maximum Gasteiger partial charge on any atom is 0.270 e. The SMILES string of the molecule is Cn1cc(-c2nc(C(=O)NCC(O)c3ccco3)cs2)cn1. The van der Waals surface area contributed by atoms with Crippen LogP contribution in [-0.2, 0) is 7.05 Å². The van der Waals surface area contributed by atoms with E-state index in [1.54, 1.807) is 28.4 Å². The molecule has 1 atom stereocenters. The third-order valence-electron chi connectivity index (χ3n) is 3.02. The largest absolute Gasteiger partial charge is 0.467 e. The number of carbonyl (C=O) groups is 1. The molecular weight excluding hydrogens is 304 g/mol. The second kappa shape index (κ2) is 6.12. The van der Waals surface area contributed by atoms with Crippen LogP contribution in [0.3, 0.4) is 0 Å². The molecule has 0 bridgehead atoms. The maximum absolute atomic E-state index is 12.0. The van der Waals surface area contributed by atoms with Gasteiger partial charge in [0.1, 0.15) is 22.6 Å². The van der Waals surface area contributed by atoms with E-state index in [0.717, 1.165) is 10.6 Å². The fourth-order valence-corrected chi connectivity index (χ4v) is 2.68. The molecule has 0 saturated carbocycles. The predicted molar refractivity (Wildman–Crippen MR) is 80.3 cm³/mol. The van der Waals surface area contributed by atoms with Crippen molar-refractivity contribution < 1.29 is 14.3 Å². The highest BCUT2D eigenvalue weighted by molar-refractivity contribution is 7.13. The van der Waals surface area contributed by atoms with Crippen LogP contribution >= 0.6 is 11.3 Å². The van der Waals surface area contributed by atoms with Gasteiger partial charge in [-0.25, -0.2) is 4.98 Å². The van der Waals surface area contributed by atoms with Crippen LogP contribution in [0.4, 0.5) is 0 Å². The summed E-state index contributed by atoms with van der Waals surface area (Å²) in [5.41, 5.74) is 1.18. The average molecular weight is 318 g/mol. The van der Waals surface area contributed by atoms with Crippen LogP contribution in [-0.4, -0.2) is 32.3 Å². The van der Waals surface area contributed by atoms with E-state index in [-0.39, 0.29) is 12.5 Å². The second-order valence-electron chi connectivity index (χ2n) is 4.68. The standard InChI is InChI=1S/C14H14N4O3S/c1-18-7-9(5-16-18)14-17-10(8-22-14)13(20)15-6-11(19)12-3-2-4-21-12/h2-5,7-8,11,19H,6H2,1H3,(H,15,20). The maximum atomic E-state index is 12.0. The van der Waals surface area contributed by atoms with Gasteiger partial charge in [-0.05, 0) is 12.1 Å². The minimum atomic E-state index is -0.879. The van der Waals surface area contributed by atoms with Gasteiger partial charge in [0, 0.05) is 24.2 Å². The number of aryl methyl sites for hydroxylation is 1. The third kappa shape index (κ3) is 3.07. The normalized spacial score (nSPS) is 12.3. The van der Waals surface area contributed by atoms with Gasteiger partial charge in [-0.3, -0.25) is 9.48 Å². The number of amides is 1. The predicted octanol–water partition coefficient (Wildman–Crippen LogP) is 1.60. The highest BCUT2D eigenvalue weighted by Gasteiger charge is 2.16. The van der Waals surface area contributed by atoms with Crippen molar-refractivity contribution in [2.24, 2.45) is 7.05 Å². The lowest BCUT2D eigenvalue weighted by Crippen LogP contribution is -2.28. The van der Waals surface area contributed by atoms with Gasteiger partial charge in [0.05, 0.1) is 19.0 Å². The zero-order valence-corrected chi connectivity index (χ0v) is 12.6. The van der Waals surface area contributed by atoms with E-state index < -0.39 is 6.10 Å². The van der Waals surface area contributed by atoms with Gasteiger partial charge < -0.3 is 14.8 Å². The van der Waals surface area contributed by atoms with Gasteiger partial charge in [0.15, 0.2) is 0 Å². The van der Waals surface area contributed by atoms with Crippen molar-refractivity contribution in [1.29, 1.82) is 0 Å². The van der Waals surface area contributed by atoms with Crippen LogP contribution in [0.25, 0.3) is 10.6 Å². The van der Waals surface area contributed by atoms with Crippen molar-refractivity contribution in [3.8, 4) is 10.6 Å². The summed E-state index contributed by atoms with van der Waals surface area (Å²) >= 11 is 1.37. The zero-order valence-electron chi connectivity index (χ0n) is 11.8. The summed E-state index contributed by atoms with van der Waals surface area (Å²) in [6.07, 6.45) is 4.12. The van der Waals surface area contributed by atoms with E-state index in [1.807, 2.05) is 13.2 Å². The highest BCUT2D eigenvalue weighted by Crippen LogP contribution is 2.23. The van der Waals surface area contributed by atoms with Gasteiger partial charge in [0.2, 0.25) is 0 Å². The van der Waals surface area contributed by atoms with Crippen LogP contribution in [0, 0.1) is 0 Å². The van der Waals surface area contributed by atoms with Crippen molar-refractivity contribution >= 4 is 17.2 Å². The summed E-state index contributed by atoms with van der Waals surface area (Å²) in [5, 5.41) is 19.0. The van der Waals surface area contributed by atoms with Crippen LogP contribution < -0.4 is 5.32 Å². The third-order valence-corrected chi connectivity index (χ3v) is 3.91. The first-order valence-corrected chi connectivity index (χ1v) is 7.45. The molecule has 3 aromatic rings. The Morgan fingerprint density at radius 2 is 2.45 bits per heavy atom. The van der Waals surface area contributed by atoms with Gasteiger partial charge in [-0.15, -0.1) is 11.3 Å². The molecule has 1 unspecified atom stereocenters. The van der Waals surface area contributed by atoms with Crippen molar-refractivity contribution in [2.75, 3.05) is 6.54 Å². The molecule has 0 spiro atoms. The van der Waals surface area contributed by atoms with Crippen molar-refractivity contribution in [1.82, 2.24) is 20.1 Å². The summed E-state index contributed by atoms with van der Waals surface area (Å²) < 4.78 is 6.75. The smallest absolute Gasteiger partial charge is 0.270 e. The van der Waals surface area contributed by atoms with E-state index in [0.29, 0.717) is 11.5 Å². The molecule has 22 heavy (non-hydrogen) atoms. The molecule has 0 aliphatic carbocycles. The molecule has 114 valence electrons. The molecule has 1 amide bonds. The summed E-state index contributed by atoms with van der Waals surface area (Å²) in [6.45, 7) is 0.0616. The Morgan fingerprint density at radius 3 is 3.14 bits per heavy atom. The minimum Gasteiger partial charge on any atom is -0.467 e. The number of hydrogen-bond donors (Lipinski definition) is 2. The second-order valence-corrected chi connectivity index (χ2v) is 5.54. The lowest BCUT2D eigenvalue weighted by Gasteiger charge is -2.08. The molecule has 0 saturated heterocycles. The number of rotatable bonds is 5. The number of aliphatic hydroxyl groups is 1. The first kappa shape index (κ1) is 14.5. The Morgan fingerprint density at radius 1 is 1.59 bits per heavy atom. The summed E-state index contributed by atoms with van der Waals surface area (Å²) in [5.74, 6) is 0.0756. The Balaban J connectivity index is 1.62. The molecule has 2 N–H and O–H groups in total. The number of nitrogens with zero attached hydrogens (tertiary/aromatic N) is 3. The fraction of sp³-hybridized carbons (Fsp3) is 0.214. The molecule has 3 heterocycles. The van der Waals surface area contributed by atoms with E-state index in [9.17, 15) is 9.90 Å². The summed E-state index contributed by atoms with van der Waals surface area (Å²) in [4.78, 5) is 16.3. The Bertz CT molecular complexity index is 763. The van der Waals surface area contributed by atoms with Crippen LogP contribution in [0.2, 0.25) is 0 Å². The average Bonchev–Trinajstić information content (AvgIpc) is 3.23. The molecule has 7 nitrogen and oxygen atoms in total. The number of nitrogens with one attached hydrogen (secondary N) is 1. The van der Waals surface area contributed by atoms with E-state index in [4.69, 9.17) is 4.42 Å². The van der Waals surface area contributed by atoms with Crippen LogP contribution in [0.15, 0.2) is 40.6 Å². The molecule has 0 fully saturated rings. The lowest BCUT2D eigenvalue weighted by molar-refractivity contribution is 0.0897. The number of furan rings is 1. The van der Waals surface area contributed by atoms with Crippen molar-refractivity contribution in [3.05, 3.63) is 47.6 Å². The van der Waals surface area contributed by atoms with Crippen LogP contribution in [0.5, 0.6) is 0 Å². The summed E-state index contributed by atoms with van der Waals surface area (Å²) in [6, 6.07) is 3.33. The molecule has 3 rings (SSSR count). The highest BCUT2D eigenvalue weighted by atomic mass is 32.1. The molecular formula is C14H14N4O3S. The number of aromatic nitrogens is 3. The molecule has 0 radical (unpaired) electrons. The van der Waals surface area contributed by atoms with E-state index in [1.165, 1.54) is 17.6 Å². The van der Waals surface area contributed by atoms with Crippen molar-refractivity contribution in [2.45, 2.75) is 6.10 Å². The first-order valence-electron chi connectivity index (χ1n) is 6.57. The van der Waals surface area contributed by atoms with Gasteiger partial charge >= 0.3 is 0 Å². The molecule has 0 aliphatic heterocycles. The van der Waals surface area contributed by atoms with Crippen molar-refractivity contribution in [3.63, 3.8) is 0 Å². The molecule has 0 aromatic carbocycles. The zero-order chi connectivity index (χ0) is 15.5. The minimum absolute atomic E-state index is 0.0616. The van der Waals surface area contributed by atoms with E-state index in [2.05, 4.69) is 15.4 Å². The monoisotopic (exact) mass is 318 g/mol. The molecule has 3 aromatic heterocycles. The quantitative estimate of drug-likeness (QED) is 0.745. The number of carbonyl (C=O) groups excluding carboxylic acids is 1. The number of thiazole rings is 1. The lowest BCUT2D eigenvalue weighted by atomic mass is 10.2. The Kier molecular flexibility index (Phi) is 4.03. The van der Waals surface area contributed by atoms with Gasteiger partial charge in [-0.1, -0.05) is 0 Å². The van der Waals surface area contributed by atoms with E-state index >= 15 is 0 Å².